The molecule has 5 nitrogen and oxygen atoms in total. The highest BCUT2D eigenvalue weighted by Gasteiger charge is 2.15. The van der Waals surface area contributed by atoms with Gasteiger partial charge in [0.05, 0.1) is 12.7 Å². The quantitative estimate of drug-likeness (QED) is 0.667. The van der Waals surface area contributed by atoms with Crippen molar-refractivity contribution in [1.29, 1.82) is 0 Å². The van der Waals surface area contributed by atoms with E-state index in [1.54, 1.807) is 0 Å². The molecule has 100 valence electrons. The molecular weight excluding hydrogens is 234 g/mol. The number of halogens is 2. The summed E-state index contributed by atoms with van der Waals surface area (Å²) in [6.45, 7) is -1.27. The van der Waals surface area contributed by atoms with Gasteiger partial charge in [-0.3, -0.25) is 0 Å². The normalized spacial score (nSPS) is 19.6. The second kappa shape index (κ2) is 8.19. The first-order valence-electron chi connectivity index (χ1n) is 5.71. The maximum Gasteiger partial charge on any atom is 0.345 e. The molecule has 1 aliphatic rings. The van der Waals surface area contributed by atoms with E-state index < -0.39 is 6.61 Å². The first-order valence-corrected chi connectivity index (χ1v) is 5.71. The lowest BCUT2D eigenvalue weighted by Gasteiger charge is -2.11. The molecule has 0 aromatic carbocycles. The summed E-state index contributed by atoms with van der Waals surface area (Å²) in [5.41, 5.74) is 0. The molecule has 0 aromatic rings. The molecule has 1 saturated heterocycles. The van der Waals surface area contributed by atoms with Crippen LogP contribution in [0.4, 0.5) is 13.6 Å². The van der Waals surface area contributed by atoms with E-state index in [1.165, 1.54) is 0 Å². The van der Waals surface area contributed by atoms with Crippen LogP contribution in [-0.4, -0.2) is 45.0 Å². The van der Waals surface area contributed by atoms with E-state index in [4.69, 9.17) is 4.74 Å². The van der Waals surface area contributed by atoms with Crippen LogP contribution >= 0.6 is 0 Å². The van der Waals surface area contributed by atoms with Crippen LogP contribution in [0.3, 0.4) is 0 Å². The Morgan fingerprint density at radius 3 is 2.94 bits per heavy atom. The monoisotopic (exact) mass is 252 g/mol. The van der Waals surface area contributed by atoms with Crippen LogP contribution in [0.15, 0.2) is 0 Å². The molecule has 1 aliphatic heterocycles. The molecule has 0 aromatic heterocycles. The van der Waals surface area contributed by atoms with Gasteiger partial charge in [0.2, 0.25) is 0 Å². The van der Waals surface area contributed by atoms with Crippen molar-refractivity contribution in [3.63, 3.8) is 0 Å². The molecule has 0 unspecified atom stereocenters. The van der Waals surface area contributed by atoms with E-state index in [0.29, 0.717) is 19.5 Å². The van der Waals surface area contributed by atoms with E-state index in [0.717, 1.165) is 19.4 Å². The zero-order chi connectivity index (χ0) is 12.5. The Hall–Kier alpha value is -0.950. The number of nitrogens with one attached hydrogen (secondary N) is 2. The van der Waals surface area contributed by atoms with Crippen LogP contribution in [0.1, 0.15) is 19.3 Å². The van der Waals surface area contributed by atoms with Crippen LogP contribution < -0.4 is 10.6 Å². The van der Waals surface area contributed by atoms with Crippen LogP contribution in [-0.2, 0) is 9.47 Å². The summed E-state index contributed by atoms with van der Waals surface area (Å²) in [6, 6.07) is -0.308. The maximum atomic E-state index is 11.6. The van der Waals surface area contributed by atoms with Gasteiger partial charge >= 0.3 is 12.6 Å². The molecular formula is C10H18F2N2O3. The molecule has 0 bridgehead atoms. The van der Waals surface area contributed by atoms with Gasteiger partial charge < -0.3 is 20.1 Å². The van der Waals surface area contributed by atoms with Gasteiger partial charge in [0.25, 0.3) is 0 Å². The SMILES string of the molecule is O=C(NCCCOC(F)F)NC[C@H]1CCCO1. The van der Waals surface area contributed by atoms with Gasteiger partial charge in [-0.15, -0.1) is 0 Å². The number of alkyl halides is 2. The molecule has 1 rings (SSSR count). The van der Waals surface area contributed by atoms with Crippen molar-refractivity contribution in [1.82, 2.24) is 10.6 Å². The van der Waals surface area contributed by atoms with E-state index in [1.807, 2.05) is 0 Å². The Kier molecular flexibility index (Phi) is 6.80. The minimum Gasteiger partial charge on any atom is -0.376 e. The predicted molar refractivity (Wildman–Crippen MR) is 56.9 cm³/mol. The van der Waals surface area contributed by atoms with E-state index in [2.05, 4.69) is 15.4 Å². The number of ether oxygens (including phenoxy) is 2. The average molecular weight is 252 g/mol. The summed E-state index contributed by atoms with van der Waals surface area (Å²) in [5, 5.41) is 5.21. The van der Waals surface area contributed by atoms with Gasteiger partial charge in [-0.05, 0) is 19.3 Å². The minimum absolute atomic E-state index is 0.0658. The van der Waals surface area contributed by atoms with Crippen LogP contribution in [0.25, 0.3) is 0 Å². The molecule has 0 saturated carbocycles. The van der Waals surface area contributed by atoms with Crippen molar-refractivity contribution in [2.45, 2.75) is 32.0 Å². The van der Waals surface area contributed by atoms with Gasteiger partial charge in [-0.25, -0.2) is 4.79 Å². The Balaban J connectivity index is 1.90. The van der Waals surface area contributed by atoms with Crippen molar-refractivity contribution in [3.8, 4) is 0 Å². The highest BCUT2D eigenvalue weighted by atomic mass is 19.3. The summed E-state index contributed by atoms with van der Waals surface area (Å²) in [7, 11) is 0. The molecule has 2 amide bonds. The minimum atomic E-state index is -2.75. The molecule has 0 spiro atoms. The first-order chi connectivity index (χ1) is 8.18. The number of hydrogen-bond acceptors (Lipinski definition) is 3. The first kappa shape index (κ1) is 14.1. The van der Waals surface area contributed by atoms with Gasteiger partial charge in [0.1, 0.15) is 0 Å². The molecule has 1 heterocycles. The number of urea groups is 1. The number of carbonyl (C=O) groups is 1. The second-order valence-electron chi connectivity index (χ2n) is 3.76. The highest BCUT2D eigenvalue weighted by molar-refractivity contribution is 5.73. The van der Waals surface area contributed by atoms with Crippen molar-refractivity contribution in [2.24, 2.45) is 0 Å². The highest BCUT2D eigenvalue weighted by Crippen LogP contribution is 2.10. The Labute approximate surface area is 98.8 Å². The van der Waals surface area contributed by atoms with E-state index in [-0.39, 0.29) is 18.7 Å². The second-order valence-corrected chi connectivity index (χ2v) is 3.76. The molecule has 0 aliphatic carbocycles. The smallest absolute Gasteiger partial charge is 0.345 e. The Morgan fingerprint density at radius 1 is 1.47 bits per heavy atom. The van der Waals surface area contributed by atoms with Gasteiger partial charge in [0, 0.05) is 19.7 Å². The third-order valence-corrected chi connectivity index (χ3v) is 2.36. The Bertz CT molecular complexity index is 224. The zero-order valence-electron chi connectivity index (χ0n) is 9.59. The number of rotatable bonds is 7. The van der Waals surface area contributed by atoms with Gasteiger partial charge in [0.15, 0.2) is 0 Å². The van der Waals surface area contributed by atoms with Gasteiger partial charge in [-0.1, -0.05) is 0 Å². The fourth-order valence-electron chi connectivity index (χ4n) is 1.52. The number of carbonyl (C=O) groups excluding carboxylic acids is 1. The van der Waals surface area contributed by atoms with Crippen molar-refractivity contribution in [2.75, 3.05) is 26.3 Å². The number of hydrogen-bond donors (Lipinski definition) is 2. The van der Waals surface area contributed by atoms with Crippen LogP contribution in [0.2, 0.25) is 0 Å². The summed E-state index contributed by atoms with van der Waals surface area (Å²) in [5.74, 6) is 0. The van der Waals surface area contributed by atoms with Crippen molar-refractivity contribution < 1.29 is 23.0 Å². The lowest BCUT2D eigenvalue weighted by Crippen LogP contribution is -2.40. The van der Waals surface area contributed by atoms with E-state index in [9.17, 15) is 13.6 Å². The summed E-state index contributed by atoms with van der Waals surface area (Å²) >= 11 is 0. The van der Waals surface area contributed by atoms with Crippen molar-refractivity contribution >= 4 is 6.03 Å². The third kappa shape index (κ3) is 7.06. The fraction of sp³-hybridized carbons (Fsp3) is 0.900. The predicted octanol–water partition coefficient (Wildman–Crippen LogP) is 1.09. The number of amides is 2. The summed E-state index contributed by atoms with van der Waals surface area (Å²) < 4.78 is 32.5. The summed E-state index contributed by atoms with van der Waals surface area (Å²) in [4.78, 5) is 11.2. The molecule has 17 heavy (non-hydrogen) atoms. The van der Waals surface area contributed by atoms with Crippen molar-refractivity contribution in [3.05, 3.63) is 0 Å². The standard InChI is InChI=1S/C10H18F2N2O3/c11-9(12)17-6-2-4-13-10(15)14-7-8-3-1-5-16-8/h8-9H,1-7H2,(H2,13,14,15)/t8-/m1/s1. The lowest BCUT2D eigenvalue weighted by atomic mass is 10.2. The topological polar surface area (TPSA) is 59.6 Å². The summed E-state index contributed by atoms with van der Waals surface area (Å²) in [6.07, 6.45) is 2.45. The molecule has 1 fully saturated rings. The van der Waals surface area contributed by atoms with Gasteiger partial charge in [-0.2, -0.15) is 8.78 Å². The lowest BCUT2D eigenvalue weighted by molar-refractivity contribution is -0.128. The molecule has 1 atom stereocenters. The maximum absolute atomic E-state index is 11.6. The Morgan fingerprint density at radius 2 is 2.29 bits per heavy atom. The average Bonchev–Trinajstić information content (AvgIpc) is 2.78. The third-order valence-electron chi connectivity index (χ3n) is 2.36. The fourth-order valence-corrected chi connectivity index (χ4v) is 1.52. The molecule has 2 N–H and O–H groups in total. The zero-order valence-corrected chi connectivity index (χ0v) is 9.59. The molecule has 7 heteroatoms. The largest absolute Gasteiger partial charge is 0.376 e. The van der Waals surface area contributed by atoms with Crippen LogP contribution in [0.5, 0.6) is 0 Å². The van der Waals surface area contributed by atoms with Crippen LogP contribution in [0, 0.1) is 0 Å². The molecule has 0 radical (unpaired) electrons. The van der Waals surface area contributed by atoms with E-state index >= 15 is 0 Å².